The van der Waals surface area contributed by atoms with Crippen LogP contribution in [-0.2, 0) is 14.9 Å². The van der Waals surface area contributed by atoms with Gasteiger partial charge in [-0.1, -0.05) is 24.1 Å². The molecule has 2 N–H and O–H groups in total. The number of fused-ring (bicyclic) bond motifs is 1. The monoisotopic (exact) mass is 399 g/mol. The molecule has 3 rings (SSSR count). The number of aromatic amines is 1. The number of carbonyl (C=O) groups excluding carboxylic acids is 1. The number of rotatable bonds is 6. The van der Waals surface area contributed by atoms with Gasteiger partial charge in [0, 0.05) is 22.8 Å². The average molecular weight is 400 g/mol. The lowest BCUT2D eigenvalue weighted by atomic mass is 9.90. The van der Waals surface area contributed by atoms with Crippen LogP contribution >= 0.6 is 11.3 Å². The van der Waals surface area contributed by atoms with Crippen LogP contribution in [0.2, 0.25) is 0 Å². The molecule has 0 saturated heterocycles. The highest BCUT2D eigenvalue weighted by Gasteiger charge is 2.34. The first-order valence-electron chi connectivity index (χ1n) is 9.71. The smallest absolute Gasteiger partial charge is 0.316 e. The number of aliphatic hydroxyl groups is 1. The summed E-state index contributed by atoms with van der Waals surface area (Å²) in [5.41, 5.74) is 4.99. The third-order valence-corrected chi connectivity index (χ3v) is 6.58. The molecule has 0 aliphatic carbocycles. The van der Waals surface area contributed by atoms with Gasteiger partial charge in [0.05, 0.1) is 17.7 Å². The van der Waals surface area contributed by atoms with E-state index in [4.69, 9.17) is 4.74 Å². The van der Waals surface area contributed by atoms with E-state index in [1.165, 1.54) is 11.1 Å². The Labute approximate surface area is 170 Å². The van der Waals surface area contributed by atoms with Gasteiger partial charge in [0.1, 0.15) is 4.83 Å². The van der Waals surface area contributed by atoms with Gasteiger partial charge < -0.3 is 14.8 Å². The van der Waals surface area contributed by atoms with Crippen molar-refractivity contribution in [2.24, 2.45) is 0 Å². The summed E-state index contributed by atoms with van der Waals surface area (Å²) in [7, 11) is 0. The molecule has 0 spiro atoms. The maximum atomic E-state index is 12.4. The van der Waals surface area contributed by atoms with Crippen molar-refractivity contribution < 1.29 is 14.6 Å². The lowest BCUT2D eigenvalue weighted by Crippen LogP contribution is -2.30. The van der Waals surface area contributed by atoms with Crippen LogP contribution < -0.4 is 0 Å². The number of hydrogen-bond donors (Lipinski definition) is 2. The molecular formula is C23H29NO3S. The highest BCUT2D eigenvalue weighted by Crippen LogP contribution is 2.42. The van der Waals surface area contributed by atoms with Crippen molar-refractivity contribution in [3.63, 3.8) is 0 Å². The van der Waals surface area contributed by atoms with E-state index >= 15 is 0 Å². The zero-order valence-electron chi connectivity index (χ0n) is 17.5. The minimum atomic E-state index is -0.708. The molecule has 150 valence electrons. The zero-order chi connectivity index (χ0) is 20.6. The molecule has 0 bridgehead atoms. The number of benzene rings is 1. The standard InChI is InChI=1S/C23H29NO3S/c1-7-27-22(26)23(5,6)18-11-17-19(15(4)12-25)20(24-21(17)28-18)16-9-13(2)8-14(3)10-16/h8-11,15,24-25H,7,12H2,1-6H3/t15-/m1/s1. The summed E-state index contributed by atoms with van der Waals surface area (Å²) >= 11 is 1.59. The first-order chi connectivity index (χ1) is 13.2. The quantitative estimate of drug-likeness (QED) is 0.542. The van der Waals surface area contributed by atoms with E-state index in [9.17, 15) is 9.90 Å². The van der Waals surface area contributed by atoms with E-state index in [2.05, 4.69) is 43.1 Å². The Morgan fingerprint density at radius 3 is 2.43 bits per heavy atom. The van der Waals surface area contributed by atoms with Crippen LogP contribution in [0.25, 0.3) is 21.5 Å². The summed E-state index contributed by atoms with van der Waals surface area (Å²) in [6.07, 6.45) is 0. The van der Waals surface area contributed by atoms with Crippen molar-refractivity contribution >= 4 is 27.5 Å². The summed E-state index contributed by atoms with van der Waals surface area (Å²) in [6, 6.07) is 8.57. The number of aryl methyl sites for hydroxylation is 2. The molecule has 0 amide bonds. The molecular weight excluding hydrogens is 370 g/mol. The SMILES string of the molecule is CCOC(=O)C(C)(C)c1cc2c([C@H](C)CO)c(-c3cc(C)cc(C)c3)[nH]c2s1. The molecule has 1 atom stereocenters. The van der Waals surface area contributed by atoms with Crippen LogP contribution in [0.1, 0.15) is 55.2 Å². The second kappa shape index (κ2) is 7.72. The Balaban J connectivity index is 2.18. The van der Waals surface area contributed by atoms with Gasteiger partial charge in [-0.05, 0) is 63.9 Å². The Kier molecular flexibility index (Phi) is 5.69. The topological polar surface area (TPSA) is 62.3 Å². The van der Waals surface area contributed by atoms with Gasteiger partial charge in [-0.15, -0.1) is 11.3 Å². The number of esters is 1. The number of carbonyl (C=O) groups is 1. The van der Waals surface area contributed by atoms with Gasteiger partial charge in [-0.2, -0.15) is 0 Å². The van der Waals surface area contributed by atoms with E-state index in [-0.39, 0.29) is 18.5 Å². The molecule has 2 heterocycles. The summed E-state index contributed by atoms with van der Waals surface area (Å²) < 4.78 is 5.27. The normalized spacial score (nSPS) is 13.1. The predicted molar refractivity (Wildman–Crippen MR) is 116 cm³/mol. The van der Waals surface area contributed by atoms with Crippen molar-refractivity contribution in [1.29, 1.82) is 0 Å². The molecule has 1 aromatic carbocycles. The summed E-state index contributed by atoms with van der Waals surface area (Å²) in [4.78, 5) is 18.0. The largest absolute Gasteiger partial charge is 0.465 e. The molecule has 5 heteroatoms. The lowest BCUT2D eigenvalue weighted by molar-refractivity contribution is -0.148. The van der Waals surface area contributed by atoms with Crippen molar-refractivity contribution in [3.05, 3.63) is 45.8 Å². The van der Waals surface area contributed by atoms with Gasteiger partial charge in [0.25, 0.3) is 0 Å². The maximum Gasteiger partial charge on any atom is 0.316 e. The summed E-state index contributed by atoms with van der Waals surface area (Å²) in [6.45, 7) is 12.3. The maximum absolute atomic E-state index is 12.4. The molecule has 0 aliphatic heterocycles. The van der Waals surface area contributed by atoms with E-state index in [0.29, 0.717) is 6.61 Å². The number of ether oxygens (including phenoxy) is 1. The number of H-pyrrole nitrogens is 1. The van der Waals surface area contributed by atoms with E-state index in [1.807, 2.05) is 27.7 Å². The summed E-state index contributed by atoms with van der Waals surface area (Å²) in [5.74, 6) is -0.233. The van der Waals surface area contributed by atoms with Gasteiger partial charge in [0.2, 0.25) is 0 Å². The van der Waals surface area contributed by atoms with Crippen molar-refractivity contribution in [3.8, 4) is 11.3 Å². The summed E-state index contributed by atoms with van der Waals surface area (Å²) in [5, 5.41) is 11.0. The highest BCUT2D eigenvalue weighted by atomic mass is 32.1. The molecule has 28 heavy (non-hydrogen) atoms. The Morgan fingerprint density at radius 2 is 1.86 bits per heavy atom. The molecule has 0 aliphatic rings. The fourth-order valence-electron chi connectivity index (χ4n) is 3.67. The van der Waals surface area contributed by atoms with Gasteiger partial charge in [-0.25, -0.2) is 0 Å². The van der Waals surface area contributed by atoms with Crippen molar-refractivity contribution in [1.82, 2.24) is 4.98 Å². The van der Waals surface area contributed by atoms with E-state index in [1.54, 1.807) is 11.3 Å². The number of thiophene rings is 1. The van der Waals surface area contributed by atoms with E-state index < -0.39 is 5.41 Å². The first kappa shape index (κ1) is 20.6. The Hall–Kier alpha value is -2.11. The number of aliphatic hydroxyl groups excluding tert-OH is 1. The van der Waals surface area contributed by atoms with Crippen LogP contribution in [0.4, 0.5) is 0 Å². The van der Waals surface area contributed by atoms with Gasteiger partial charge in [-0.3, -0.25) is 4.79 Å². The molecule has 4 nitrogen and oxygen atoms in total. The number of nitrogens with one attached hydrogen (secondary N) is 1. The molecule has 0 unspecified atom stereocenters. The predicted octanol–water partition coefficient (Wildman–Crippen LogP) is 5.45. The van der Waals surface area contributed by atoms with Gasteiger partial charge >= 0.3 is 5.97 Å². The van der Waals surface area contributed by atoms with E-state index in [0.717, 1.165) is 31.9 Å². The number of aromatic nitrogens is 1. The second-order valence-electron chi connectivity index (χ2n) is 8.07. The molecule has 3 aromatic rings. The average Bonchev–Trinajstić information content (AvgIpc) is 3.18. The van der Waals surface area contributed by atoms with Gasteiger partial charge in [0.15, 0.2) is 0 Å². The minimum absolute atomic E-state index is 0.0160. The van der Waals surface area contributed by atoms with Crippen LogP contribution in [-0.4, -0.2) is 29.3 Å². The molecule has 0 fully saturated rings. The Morgan fingerprint density at radius 1 is 1.21 bits per heavy atom. The zero-order valence-corrected chi connectivity index (χ0v) is 18.3. The van der Waals surface area contributed by atoms with Crippen LogP contribution in [0.3, 0.4) is 0 Å². The third kappa shape index (κ3) is 3.61. The third-order valence-electron chi connectivity index (χ3n) is 5.21. The second-order valence-corrected chi connectivity index (χ2v) is 9.12. The molecule has 2 aromatic heterocycles. The molecule has 0 saturated carbocycles. The fourth-order valence-corrected chi connectivity index (χ4v) is 4.84. The Bertz CT molecular complexity index is 992. The van der Waals surface area contributed by atoms with Crippen molar-refractivity contribution in [2.45, 2.75) is 52.9 Å². The molecule has 0 radical (unpaired) electrons. The number of hydrogen-bond acceptors (Lipinski definition) is 4. The van der Waals surface area contributed by atoms with Crippen LogP contribution in [0.5, 0.6) is 0 Å². The minimum Gasteiger partial charge on any atom is -0.465 e. The van der Waals surface area contributed by atoms with Crippen LogP contribution in [0, 0.1) is 13.8 Å². The lowest BCUT2D eigenvalue weighted by Gasteiger charge is -2.20. The van der Waals surface area contributed by atoms with Crippen LogP contribution in [0.15, 0.2) is 24.3 Å². The fraction of sp³-hybridized carbons (Fsp3) is 0.435. The first-order valence-corrected chi connectivity index (χ1v) is 10.5. The van der Waals surface area contributed by atoms with Crippen molar-refractivity contribution in [2.75, 3.05) is 13.2 Å². The highest BCUT2D eigenvalue weighted by molar-refractivity contribution is 7.19.